The highest BCUT2D eigenvalue weighted by Gasteiger charge is 2.42. The van der Waals surface area contributed by atoms with Crippen LogP contribution >= 0.6 is 0 Å². The smallest absolute Gasteiger partial charge is 0.254 e. The normalized spacial score (nSPS) is 21.4. The lowest BCUT2D eigenvalue weighted by molar-refractivity contribution is -0.152. The minimum absolute atomic E-state index is 0.0330. The average Bonchev–Trinajstić information content (AvgIpc) is 2.98. The molecule has 126 valence electrons. The Morgan fingerprint density at radius 2 is 1.87 bits per heavy atom. The van der Waals surface area contributed by atoms with E-state index in [-0.39, 0.29) is 17.8 Å². The average molecular weight is 325 g/mol. The van der Waals surface area contributed by atoms with Crippen LogP contribution in [0.2, 0.25) is 0 Å². The van der Waals surface area contributed by atoms with Crippen molar-refractivity contribution in [3.63, 3.8) is 0 Å². The van der Waals surface area contributed by atoms with E-state index in [2.05, 4.69) is 0 Å². The van der Waals surface area contributed by atoms with Gasteiger partial charge in [0.05, 0.1) is 0 Å². The van der Waals surface area contributed by atoms with Crippen molar-refractivity contribution >= 4 is 5.91 Å². The number of ether oxygens (including phenoxy) is 1. The van der Waals surface area contributed by atoms with E-state index in [4.69, 9.17) is 4.74 Å². The van der Waals surface area contributed by atoms with Crippen molar-refractivity contribution in [1.82, 2.24) is 4.90 Å². The van der Waals surface area contributed by atoms with Gasteiger partial charge in [0.25, 0.3) is 5.91 Å². The van der Waals surface area contributed by atoms with Crippen LogP contribution in [0.4, 0.5) is 8.78 Å². The quantitative estimate of drug-likeness (QED) is 0.929. The molecule has 0 aromatic heterocycles. The molecule has 0 radical (unpaired) electrons. The third kappa shape index (κ3) is 3.47. The maximum atomic E-state index is 13.6. The predicted molar refractivity (Wildman–Crippen MR) is 80.0 cm³/mol. The summed E-state index contributed by atoms with van der Waals surface area (Å²) in [6, 6.07) is 3.24. The highest BCUT2D eigenvalue weighted by atomic mass is 19.1. The summed E-state index contributed by atoms with van der Waals surface area (Å²) in [4.78, 5) is 14.1. The number of aliphatic hydroxyl groups is 1. The Morgan fingerprint density at radius 3 is 2.48 bits per heavy atom. The lowest BCUT2D eigenvalue weighted by Gasteiger charge is -2.36. The Morgan fingerprint density at radius 1 is 1.22 bits per heavy atom. The molecule has 2 fully saturated rings. The first kappa shape index (κ1) is 16.2. The summed E-state index contributed by atoms with van der Waals surface area (Å²) in [6.45, 7) is 0.962. The first-order chi connectivity index (χ1) is 11.0. The molecule has 0 unspecified atom stereocenters. The second-order valence-corrected chi connectivity index (χ2v) is 6.42. The molecule has 1 amide bonds. The molecule has 1 saturated heterocycles. The van der Waals surface area contributed by atoms with Crippen LogP contribution in [0.25, 0.3) is 0 Å². The van der Waals surface area contributed by atoms with Gasteiger partial charge in [0.1, 0.15) is 17.5 Å². The molecule has 23 heavy (non-hydrogen) atoms. The second kappa shape index (κ2) is 6.43. The van der Waals surface area contributed by atoms with E-state index in [9.17, 15) is 18.7 Å². The molecule has 1 N–H and O–H groups in total. The van der Waals surface area contributed by atoms with Crippen molar-refractivity contribution in [3.8, 4) is 5.75 Å². The lowest BCUT2D eigenvalue weighted by atomic mass is 9.98. The molecular formula is C17H21F2NO3. The predicted octanol–water partition coefficient (Wildman–Crippen LogP) is 2.64. The fourth-order valence-electron chi connectivity index (χ4n) is 3.40. The van der Waals surface area contributed by atoms with Crippen LogP contribution in [0.3, 0.4) is 0 Å². The highest BCUT2D eigenvalue weighted by Crippen LogP contribution is 2.32. The molecule has 4 nitrogen and oxygen atoms in total. The van der Waals surface area contributed by atoms with Crippen molar-refractivity contribution in [2.75, 3.05) is 13.1 Å². The van der Waals surface area contributed by atoms with Crippen LogP contribution in [0.1, 0.15) is 38.5 Å². The minimum Gasteiger partial charge on any atom is -0.487 e. The summed E-state index contributed by atoms with van der Waals surface area (Å²) in [5.41, 5.74) is -1.20. The Bertz CT molecular complexity index is 579. The fourth-order valence-corrected chi connectivity index (χ4v) is 3.40. The van der Waals surface area contributed by atoms with E-state index in [1.54, 1.807) is 4.90 Å². The molecule has 1 aromatic rings. The number of rotatable bonds is 3. The van der Waals surface area contributed by atoms with Crippen LogP contribution in [-0.2, 0) is 4.79 Å². The summed E-state index contributed by atoms with van der Waals surface area (Å²) in [6.07, 6.45) is 3.75. The zero-order chi connectivity index (χ0) is 16.4. The summed E-state index contributed by atoms with van der Waals surface area (Å²) in [5.74, 6) is -1.52. The Balaban J connectivity index is 1.55. The van der Waals surface area contributed by atoms with Gasteiger partial charge in [0.2, 0.25) is 0 Å². The van der Waals surface area contributed by atoms with Gasteiger partial charge in [0.15, 0.2) is 11.6 Å². The van der Waals surface area contributed by atoms with Gasteiger partial charge < -0.3 is 14.7 Å². The number of hydrogen-bond acceptors (Lipinski definition) is 3. The number of piperidine rings is 1. The van der Waals surface area contributed by atoms with Crippen molar-refractivity contribution in [2.24, 2.45) is 0 Å². The number of carbonyl (C=O) groups excluding carboxylic acids is 1. The monoisotopic (exact) mass is 325 g/mol. The van der Waals surface area contributed by atoms with Crippen molar-refractivity contribution in [2.45, 2.75) is 50.2 Å². The Hall–Kier alpha value is -1.69. The van der Waals surface area contributed by atoms with E-state index < -0.39 is 17.2 Å². The lowest BCUT2D eigenvalue weighted by Crippen LogP contribution is -2.51. The number of halogens is 2. The first-order valence-corrected chi connectivity index (χ1v) is 8.11. The summed E-state index contributed by atoms with van der Waals surface area (Å²) in [5, 5.41) is 10.4. The zero-order valence-corrected chi connectivity index (χ0v) is 12.9. The van der Waals surface area contributed by atoms with Crippen LogP contribution in [0.5, 0.6) is 5.75 Å². The number of amides is 1. The standard InChI is InChI=1S/C17H21F2NO3/c18-12-3-4-15(14(19)11-12)23-13-5-9-20(10-6-13)16(21)17(22)7-1-2-8-17/h3-4,11,13,22H,1-2,5-10H2. The maximum absolute atomic E-state index is 13.6. The Kier molecular flexibility index (Phi) is 4.53. The van der Waals surface area contributed by atoms with E-state index in [0.717, 1.165) is 25.0 Å². The van der Waals surface area contributed by atoms with E-state index in [0.29, 0.717) is 38.8 Å². The molecule has 1 saturated carbocycles. The minimum atomic E-state index is -1.20. The molecule has 1 aliphatic heterocycles. The number of carbonyl (C=O) groups is 1. The van der Waals surface area contributed by atoms with Gasteiger partial charge in [-0.15, -0.1) is 0 Å². The fraction of sp³-hybridized carbons (Fsp3) is 0.588. The van der Waals surface area contributed by atoms with Gasteiger partial charge >= 0.3 is 0 Å². The Labute approximate surface area is 134 Å². The number of nitrogens with zero attached hydrogens (tertiary/aromatic N) is 1. The van der Waals surface area contributed by atoms with Crippen LogP contribution in [-0.4, -0.2) is 40.7 Å². The van der Waals surface area contributed by atoms with Crippen molar-refractivity contribution in [3.05, 3.63) is 29.8 Å². The molecule has 0 spiro atoms. The molecule has 1 aromatic carbocycles. The number of hydrogen-bond donors (Lipinski definition) is 1. The van der Waals surface area contributed by atoms with E-state index >= 15 is 0 Å². The zero-order valence-electron chi connectivity index (χ0n) is 12.9. The van der Waals surface area contributed by atoms with Gasteiger partial charge in [0, 0.05) is 32.0 Å². The van der Waals surface area contributed by atoms with E-state index in [1.807, 2.05) is 0 Å². The van der Waals surface area contributed by atoms with Crippen LogP contribution in [0, 0.1) is 11.6 Å². The molecule has 6 heteroatoms. The molecular weight excluding hydrogens is 304 g/mol. The van der Waals surface area contributed by atoms with Crippen LogP contribution in [0.15, 0.2) is 18.2 Å². The van der Waals surface area contributed by atoms with Gasteiger partial charge in [-0.2, -0.15) is 0 Å². The third-order valence-corrected chi connectivity index (χ3v) is 4.75. The van der Waals surface area contributed by atoms with Gasteiger partial charge in [-0.3, -0.25) is 4.79 Å². The topological polar surface area (TPSA) is 49.8 Å². The molecule has 1 aliphatic carbocycles. The number of benzene rings is 1. The van der Waals surface area contributed by atoms with Crippen molar-refractivity contribution in [1.29, 1.82) is 0 Å². The molecule has 3 rings (SSSR count). The van der Waals surface area contributed by atoms with Gasteiger partial charge in [-0.1, -0.05) is 0 Å². The maximum Gasteiger partial charge on any atom is 0.254 e. The molecule has 2 aliphatic rings. The van der Waals surface area contributed by atoms with Crippen LogP contribution < -0.4 is 4.74 Å². The molecule has 1 heterocycles. The summed E-state index contributed by atoms with van der Waals surface area (Å²) >= 11 is 0. The third-order valence-electron chi connectivity index (χ3n) is 4.75. The summed E-state index contributed by atoms with van der Waals surface area (Å²) in [7, 11) is 0. The largest absolute Gasteiger partial charge is 0.487 e. The number of likely N-dealkylation sites (tertiary alicyclic amines) is 1. The molecule has 0 atom stereocenters. The molecule has 0 bridgehead atoms. The second-order valence-electron chi connectivity index (χ2n) is 6.42. The SMILES string of the molecule is O=C(N1CCC(Oc2ccc(F)cc2F)CC1)C1(O)CCCC1. The van der Waals surface area contributed by atoms with Crippen molar-refractivity contribution < 1.29 is 23.4 Å². The van der Waals surface area contributed by atoms with E-state index in [1.165, 1.54) is 6.07 Å². The van der Waals surface area contributed by atoms with Gasteiger partial charge in [-0.05, 0) is 37.8 Å². The summed E-state index contributed by atoms with van der Waals surface area (Å²) < 4.78 is 32.1. The highest BCUT2D eigenvalue weighted by molar-refractivity contribution is 5.85. The first-order valence-electron chi connectivity index (χ1n) is 8.11. The van der Waals surface area contributed by atoms with Gasteiger partial charge in [-0.25, -0.2) is 8.78 Å².